The highest BCUT2D eigenvalue weighted by Crippen LogP contribution is 2.23. The van der Waals surface area contributed by atoms with E-state index in [1.165, 1.54) is 4.68 Å². The lowest BCUT2D eigenvalue weighted by Crippen LogP contribution is -2.39. The maximum absolute atomic E-state index is 12.7. The number of aromatic nitrogens is 2. The van der Waals surface area contributed by atoms with E-state index in [0.29, 0.717) is 11.4 Å². The number of para-hydroxylation sites is 1. The van der Waals surface area contributed by atoms with Gasteiger partial charge in [0.05, 0.1) is 4.92 Å². The number of carbonyl (C=O) groups excluding carboxylic acids is 1. The SMILES string of the molecule is Cc1nn(CC(=O)N(c2ccccc2)C(C)C)c(C)c1[N+](=O)[O-]. The van der Waals surface area contributed by atoms with Crippen LogP contribution in [0.25, 0.3) is 0 Å². The van der Waals surface area contributed by atoms with Crippen molar-refractivity contribution in [1.82, 2.24) is 9.78 Å². The molecule has 1 heterocycles. The summed E-state index contributed by atoms with van der Waals surface area (Å²) < 4.78 is 1.40. The third-order valence-corrected chi connectivity index (χ3v) is 3.63. The van der Waals surface area contributed by atoms with E-state index in [1.54, 1.807) is 18.7 Å². The van der Waals surface area contributed by atoms with Crippen LogP contribution in [0.15, 0.2) is 30.3 Å². The van der Waals surface area contributed by atoms with Crippen LogP contribution in [0.2, 0.25) is 0 Å². The number of nitro groups is 1. The van der Waals surface area contributed by atoms with Crippen LogP contribution in [-0.4, -0.2) is 26.7 Å². The van der Waals surface area contributed by atoms with Gasteiger partial charge in [-0.1, -0.05) is 18.2 Å². The van der Waals surface area contributed by atoms with E-state index in [-0.39, 0.29) is 24.2 Å². The van der Waals surface area contributed by atoms with Crippen LogP contribution in [0.1, 0.15) is 25.2 Å². The van der Waals surface area contributed by atoms with E-state index in [4.69, 9.17) is 0 Å². The summed E-state index contributed by atoms with van der Waals surface area (Å²) in [6, 6.07) is 9.31. The Balaban J connectivity index is 2.30. The molecule has 0 unspecified atom stereocenters. The molecule has 0 fully saturated rings. The van der Waals surface area contributed by atoms with Gasteiger partial charge in [0.15, 0.2) is 0 Å². The minimum atomic E-state index is -0.462. The monoisotopic (exact) mass is 316 g/mol. The molecule has 0 atom stereocenters. The Morgan fingerprint density at radius 3 is 2.39 bits per heavy atom. The van der Waals surface area contributed by atoms with Crippen LogP contribution in [0, 0.1) is 24.0 Å². The maximum atomic E-state index is 12.7. The van der Waals surface area contributed by atoms with Gasteiger partial charge in [0, 0.05) is 11.7 Å². The Labute approximate surface area is 134 Å². The molecule has 122 valence electrons. The number of hydrogen-bond donors (Lipinski definition) is 0. The number of aryl methyl sites for hydroxylation is 1. The summed E-state index contributed by atoms with van der Waals surface area (Å²) in [5, 5.41) is 15.2. The van der Waals surface area contributed by atoms with Crippen molar-refractivity contribution in [3.63, 3.8) is 0 Å². The number of nitrogens with zero attached hydrogens (tertiary/aromatic N) is 4. The number of amides is 1. The molecule has 0 saturated heterocycles. The molecule has 1 amide bonds. The smallest absolute Gasteiger partial charge is 0.308 e. The first-order chi connectivity index (χ1) is 10.8. The average molecular weight is 316 g/mol. The second kappa shape index (κ2) is 6.60. The average Bonchev–Trinajstić information content (AvgIpc) is 2.74. The maximum Gasteiger partial charge on any atom is 0.312 e. The van der Waals surface area contributed by atoms with Gasteiger partial charge in [0.2, 0.25) is 5.91 Å². The van der Waals surface area contributed by atoms with Crippen molar-refractivity contribution in [3.05, 3.63) is 51.8 Å². The molecule has 0 N–H and O–H groups in total. The van der Waals surface area contributed by atoms with Crippen molar-refractivity contribution in [3.8, 4) is 0 Å². The van der Waals surface area contributed by atoms with Crippen LogP contribution in [0.3, 0.4) is 0 Å². The Morgan fingerprint density at radius 2 is 1.91 bits per heavy atom. The zero-order chi connectivity index (χ0) is 17.1. The molecule has 0 aliphatic carbocycles. The third kappa shape index (κ3) is 3.39. The van der Waals surface area contributed by atoms with E-state index >= 15 is 0 Å². The van der Waals surface area contributed by atoms with Gasteiger partial charge in [0.25, 0.3) is 0 Å². The fraction of sp³-hybridized carbons (Fsp3) is 0.375. The van der Waals surface area contributed by atoms with Gasteiger partial charge in [-0.05, 0) is 39.8 Å². The zero-order valence-corrected chi connectivity index (χ0v) is 13.7. The Hall–Kier alpha value is -2.70. The summed E-state index contributed by atoms with van der Waals surface area (Å²) in [6.45, 7) is 6.99. The minimum absolute atomic E-state index is 0.0307. The second-order valence-corrected chi connectivity index (χ2v) is 5.63. The van der Waals surface area contributed by atoms with Gasteiger partial charge in [-0.3, -0.25) is 19.6 Å². The van der Waals surface area contributed by atoms with Crippen LogP contribution < -0.4 is 4.90 Å². The standard InChI is InChI=1S/C16H20N4O3/c1-11(2)19(14-8-6-5-7-9-14)15(21)10-18-13(4)16(20(22)23)12(3)17-18/h5-9,11H,10H2,1-4H3. The predicted molar refractivity (Wildman–Crippen MR) is 87.4 cm³/mol. The minimum Gasteiger partial charge on any atom is -0.308 e. The highest BCUT2D eigenvalue weighted by molar-refractivity contribution is 5.93. The van der Waals surface area contributed by atoms with E-state index in [1.807, 2.05) is 44.2 Å². The molecular formula is C16H20N4O3. The first-order valence-corrected chi connectivity index (χ1v) is 7.38. The van der Waals surface area contributed by atoms with Crippen molar-refractivity contribution >= 4 is 17.3 Å². The highest BCUT2D eigenvalue weighted by atomic mass is 16.6. The summed E-state index contributed by atoms with van der Waals surface area (Å²) in [6.07, 6.45) is 0. The van der Waals surface area contributed by atoms with Gasteiger partial charge in [0.1, 0.15) is 17.9 Å². The molecule has 0 aliphatic heterocycles. The molecule has 2 rings (SSSR count). The van der Waals surface area contributed by atoms with Crippen LogP contribution >= 0.6 is 0 Å². The normalized spacial score (nSPS) is 10.8. The highest BCUT2D eigenvalue weighted by Gasteiger charge is 2.25. The molecule has 23 heavy (non-hydrogen) atoms. The number of benzene rings is 1. The quantitative estimate of drug-likeness (QED) is 0.627. The predicted octanol–water partition coefficient (Wildman–Crippen LogP) is 2.85. The Morgan fingerprint density at radius 1 is 1.30 bits per heavy atom. The van der Waals surface area contributed by atoms with E-state index in [9.17, 15) is 14.9 Å². The first-order valence-electron chi connectivity index (χ1n) is 7.38. The molecule has 7 nitrogen and oxygen atoms in total. The molecule has 0 bridgehead atoms. The lowest BCUT2D eigenvalue weighted by molar-refractivity contribution is -0.386. The number of carbonyl (C=O) groups is 1. The van der Waals surface area contributed by atoms with Crippen molar-refractivity contribution in [1.29, 1.82) is 0 Å². The third-order valence-electron chi connectivity index (χ3n) is 3.63. The van der Waals surface area contributed by atoms with Crippen molar-refractivity contribution in [2.75, 3.05) is 4.90 Å². The van der Waals surface area contributed by atoms with Crippen molar-refractivity contribution < 1.29 is 9.72 Å². The van der Waals surface area contributed by atoms with Crippen molar-refractivity contribution in [2.45, 2.75) is 40.3 Å². The number of anilines is 1. The summed E-state index contributed by atoms with van der Waals surface area (Å²) in [7, 11) is 0. The summed E-state index contributed by atoms with van der Waals surface area (Å²) >= 11 is 0. The van der Waals surface area contributed by atoms with Gasteiger partial charge < -0.3 is 4.90 Å². The van der Waals surface area contributed by atoms with Crippen LogP contribution in [-0.2, 0) is 11.3 Å². The number of rotatable bonds is 5. The molecule has 2 aromatic rings. The largest absolute Gasteiger partial charge is 0.312 e. The molecule has 0 aliphatic rings. The van der Waals surface area contributed by atoms with Gasteiger partial charge in [-0.2, -0.15) is 5.10 Å². The molecule has 1 aromatic heterocycles. The fourth-order valence-electron chi connectivity index (χ4n) is 2.63. The summed E-state index contributed by atoms with van der Waals surface area (Å²) in [5.41, 5.74) is 1.46. The topological polar surface area (TPSA) is 81.3 Å². The molecule has 0 spiro atoms. The lowest BCUT2D eigenvalue weighted by Gasteiger charge is -2.27. The van der Waals surface area contributed by atoms with Gasteiger partial charge in [-0.15, -0.1) is 0 Å². The van der Waals surface area contributed by atoms with Crippen LogP contribution in [0.4, 0.5) is 11.4 Å². The molecule has 0 radical (unpaired) electrons. The Kier molecular flexibility index (Phi) is 4.78. The summed E-state index contributed by atoms with van der Waals surface area (Å²) in [4.78, 5) is 25.0. The summed E-state index contributed by atoms with van der Waals surface area (Å²) in [5.74, 6) is -0.160. The second-order valence-electron chi connectivity index (χ2n) is 5.63. The Bertz CT molecular complexity index is 722. The van der Waals surface area contributed by atoms with Crippen molar-refractivity contribution in [2.24, 2.45) is 0 Å². The molecule has 1 aromatic carbocycles. The lowest BCUT2D eigenvalue weighted by atomic mass is 10.2. The van der Waals surface area contributed by atoms with E-state index in [2.05, 4.69) is 5.10 Å². The molecule has 0 saturated carbocycles. The molecule has 7 heteroatoms. The zero-order valence-electron chi connectivity index (χ0n) is 13.7. The first kappa shape index (κ1) is 16.7. The van der Waals surface area contributed by atoms with E-state index < -0.39 is 4.92 Å². The van der Waals surface area contributed by atoms with E-state index in [0.717, 1.165) is 5.69 Å². The van der Waals surface area contributed by atoms with Gasteiger partial charge in [-0.25, -0.2) is 0 Å². The van der Waals surface area contributed by atoms with Gasteiger partial charge >= 0.3 is 5.69 Å². The molecular weight excluding hydrogens is 296 g/mol. The van der Waals surface area contributed by atoms with Crippen LogP contribution in [0.5, 0.6) is 0 Å². The number of hydrogen-bond acceptors (Lipinski definition) is 4. The fourth-order valence-corrected chi connectivity index (χ4v) is 2.63.